The highest BCUT2D eigenvalue weighted by Crippen LogP contribution is 2.22. The van der Waals surface area contributed by atoms with Gasteiger partial charge in [0.15, 0.2) is 0 Å². The van der Waals surface area contributed by atoms with Gasteiger partial charge in [0.25, 0.3) is 0 Å². The molecule has 0 fully saturated rings. The molecule has 0 radical (unpaired) electrons. The summed E-state index contributed by atoms with van der Waals surface area (Å²) in [4.78, 5) is 25.7. The molecule has 0 unspecified atom stereocenters. The molecule has 2 rings (SSSR count). The number of carbonyl (C=O) groups excluding carboxylic acids is 2. The monoisotopic (exact) mass is 344 g/mol. The smallest absolute Gasteiger partial charge is 0.226 e. The van der Waals surface area contributed by atoms with Crippen molar-refractivity contribution in [1.29, 1.82) is 0 Å². The minimum Gasteiger partial charge on any atom is -0.325 e. The van der Waals surface area contributed by atoms with E-state index in [-0.39, 0.29) is 18.2 Å². The second-order valence-electron chi connectivity index (χ2n) is 5.72. The van der Waals surface area contributed by atoms with Gasteiger partial charge >= 0.3 is 0 Å². The lowest BCUT2D eigenvalue weighted by Gasteiger charge is -2.22. The van der Waals surface area contributed by atoms with E-state index in [2.05, 4.69) is 5.32 Å². The summed E-state index contributed by atoms with van der Waals surface area (Å²) in [5, 5.41) is 3.26. The van der Waals surface area contributed by atoms with Crippen LogP contribution in [-0.2, 0) is 9.59 Å². The molecule has 5 heteroatoms. The van der Waals surface area contributed by atoms with E-state index in [1.54, 1.807) is 29.2 Å². The highest BCUT2D eigenvalue weighted by atomic mass is 35.5. The van der Waals surface area contributed by atoms with Gasteiger partial charge < -0.3 is 10.2 Å². The number of aryl methyl sites for hydroxylation is 2. The Kier molecular flexibility index (Phi) is 5.99. The fraction of sp³-hybridized carbons (Fsp3) is 0.263. The molecule has 0 atom stereocenters. The van der Waals surface area contributed by atoms with Crippen molar-refractivity contribution < 1.29 is 9.59 Å². The topological polar surface area (TPSA) is 49.4 Å². The van der Waals surface area contributed by atoms with E-state index in [9.17, 15) is 9.59 Å². The fourth-order valence-corrected chi connectivity index (χ4v) is 2.53. The van der Waals surface area contributed by atoms with E-state index in [0.717, 1.165) is 11.3 Å². The predicted molar refractivity (Wildman–Crippen MR) is 98.6 cm³/mol. The Morgan fingerprint density at radius 2 is 1.79 bits per heavy atom. The molecule has 4 nitrogen and oxygen atoms in total. The summed E-state index contributed by atoms with van der Waals surface area (Å²) < 4.78 is 0. The van der Waals surface area contributed by atoms with Crippen LogP contribution in [0, 0.1) is 13.8 Å². The third kappa shape index (κ3) is 4.59. The lowest BCUT2D eigenvalue weighted by molar-refractivity contribution is -0.117. The van der Waals surface area contributed by atoms with Gasteiger partial charge in [-0.25, -0.2) is 0 Å². The van der Waals surface area contributed by atoms with Crippen LogP contribution in [0.15, 0.2) is 42.5 Å². The van der Waals surface area contributed by atoms with Crippen LogP contribution in [0.2, 0.25) is 5.02 Å². The first-order valence-corrected chi connectivity index (χ1v) is 8.16. The van der Waals surface area contributed by atoms with E-state index in [4.69, 9.17) is 11.6 Å². The zero-order valence-electron chi connectivity index (χ0n) is 14.1. The van der Waals surface area contributed by atoms with Crippen molar-refractivity contribution in [3.05, 3.63) is 58.6 Å². The molecule has 0 saturated carbocycles. The number of amides is 2. The SMILES string of the molecule is CC(=O)N(CCC(=O)Nc1ccccc1Cl)c1ccc(C)c(C)c1. The number of benzene rings is 2. The standard InChI is InChI=1S/C19H21ClN2O2/c1-13-8-9-16(12-14(13)2)22(15(3)23)11-10-19(24)21-18-7-5-4-6-17(18)20/h4-9,12H,10-11H2,1-3H3,(H,21,24). The summed E-state index contributed by atoms with van der Waals surface area (Å²) in [5.74, 6) is -0.276. The van der Waals surface area contributed by atoms with Crippen LogP contribution >= 0.6 is 11.6 Å². The molecule has 2 amide bonds. The molecule has 0 heterocycles. The van der Waals surface area contributed by atoms with Crippen molar-refractivity contribution in [2.24, 2.45) is 0 Å². The Balaban J connectivity index is 2.03. The average molecular weight is 345 g/mol. The van der Waals surface area contributed by atoms with E-state index < -0.39 is 0 Å². The maximum absolute atomic E-state index is 12.1. The van der Waals surface area contributed by atoms with Crippen molar-refractivity contribution in [3.8, 4) is 0 Å². The first-order chi connectivity index (χ1) is 11.4. The Bertz CT molecular complexity index is 759. The van der Waals surface area contributed by atoms with Crippen LogP contribution in [0.25, 0.3) is 0 Å². The normalized spacial score (nSPS) is 10.3. The van der Waals surface area contributed by atoms with Gasteiger partial charge in [-0.1, -0.05) is 29.8 Å². The molecule has 0 spiro atoms. The maximum atomic E-state index is 12.1. The molecular weight excluding hydrogens is 324 g/mol. The molecule has 0 saturated heterocycles. The first kappa shape index (κ1) is 18.0. The minimum atomic E-state index is -0.182. The van der Waals surface area contributed by atoms with Crippen LogP contribution in [0.1, 0.15) is 24.5 Å². The molecule has 24 heavy (non-hydrogen) atoms. The van der Waals surface area contributed by atoms with E-state index in [0.29, 0.717) is 17.3 Å². The Labute approximate surface area is 147 Å². The third-order valence-electron chi connectivity index (χ3n) is 3.89. The Hall–Kier alpha value is -2.33. The molecule has 2 aromatic rings. The molecule has 2 aromatic carbocycles. The van der Waals surface area contributed by atoms with E-state index in [1.165, 1.54) is 12.5 Å². The van der Waals surface area contributed by atoms with Gasteiger partial charge in [-0.3, -0.25) is 9.59 Å². The third-order valence-corrected chi connectivity index (χ3v) is 4.22. The zero-order valence-corrected chi connectivity index (χ0v) is 14.9. The van der Waals surface area contributed by atoms with Gasteiger partial charge in [0.2, 0.25) is 11.8 Å². The van der Waals surface area contributed by atoms with Gasteiger partial charge in [0, 0.05) is 25.6 Å². The van der Waals surface area contributed by atoms with Gasteiger partial charge in [-0.15, -0.1) is 0 Å². The second-order valence-corrected chi connectivity index (χ2v) is 6.12. The van der Waals surface area contributed by atoms with Crippen LogP contribution in [-0.4, -0.2) is 18.4 Å². The predicted octanol–water partition coefficient (Wildman–Crippen LogP) is 4.34. The average Bonchev–Trinajstić information content (AvgIpc) is 2.53. The van der Waals surface area contributed by atoms with Crippen molar-refractivity contribution in [1.82, 2.24) is 0 Å². The van der Waals surface area contributed by atoms with Crippen molar-refractivity contribution in [2.45, 2.75) is 27.2 Å². The number of nitrogens with zero attached hydrogens (tertiary/aromatic N) is 1. The van der Waals surface area contributed by atoms with Crippen molar-refractivity contribution in [3.63, 3.8) is 0 Å². The molecule has 1 N–H and O–H groups in total. The number of hydrogen-bond acceptors (Lipinski definition) is 2. The summed E-state index contributed by atoms with van der Waals surface area (Å²) in [6.07, 6.45) is 0.192. The number of anilines is 2. The Morgan fingerprint density at radius 3 is 2.42 bits per heavy atom. The zero-order chi connectivity index (χ0) is 17.7. The van der Waals surface area contributed by atoms with Crippen LogP contribution in [0.3, 0.4) is 0 Å². The van der Waals surface area contributed by atoms with Crippen LogP contribution in [0.4, 0.5) is 11.4 Å². The van der Waals surface area contributed by atoms with E-state index in [1.807, 2.05) is 32.0 Å². The largest absolute Gasteiger partial charge is 0.325 e. The van der Waals surface area contributed by atoms with Gasteiger partial charge in [-0.05, 0) is 49.2 Å². The summed E-state index contributed by atoms with van der Waals surface area (Å²) in [6, 6.07) is 12.9. The summed E-state index contributed by atoms with van der Waals surface area (Å²) in [5.41, 5.74) is 3.65. The number of hydrogen-bond donors (Lipinski definition) is 1. The van der Waals surface area contributed by atoms with Crippen LogP contribution in [0.5, 0.6) is 0 Å². The molecular formula is C19H21ClN2O2. The lowest BCUT2D eigenvalue weighted by atomic mass is 10.1. The minimum absolute atomic E-state index is 0.0937. The Morgan fingerprint density at radius 1 is 1.08 bits per heavy atom. The van der Waals surface area contributed by atoms with Crippen LogP contribution < -0.4 is 10.2 Å². The molecule has 0 bridgehead atoms. The second kappa shape index (κ2) is 7.97. The molecule has 126 valence electrons. The number of halogens is 1. The lowest BCUT2D eigenvalue weighted by Crippen LogP contribution is -2.32. The molecule has 0 aliphatic rings. The highest BCUT2D eigenvalue weighted by Gasteiger charge is 2.14. The number of carbonyl (C=O) groups is 2. The van der Waals surface area contributed by atoms with Gasteiger partial charge in [0.1, 0.15) is 0 Å². The first-order valence-electron chi connectivity index (χ1n) is 7.78. The summed E-state index contributed by atoms with van der Waals surface area (Å²) in [6.45, 7) is 5.84. The van der Waals surface area contributed by atoms with Gasteiger partial charge in [0.05, 0.1) is 10.7 Å². The number of para-hydroxylation sites is 1. The molecule has 0 aromatic heterocycles. The van der Waals surface area contributed by atoms with E-state index >= 15 is 0 Å². The number of nitrogens with one attached hydrogen (secondary N) is 1. The fourth-order valence-electron chi connectivity index (χ4n) is 2.35. The summed E-state index contributed by atoms with van der Waals surface area (Å²) >= 11 is 6.03. The molecule has 0 aliphatic heterocycles. The molecule has 0 aliphatic carbocycles. The van der Waals surface area contributed by atoms with Crippen molar-refractivity contribution >= 4 is 34.8 Å². The highest BCUT2D eigenvalue weighted by molar-refractivity contribution is 6.33. The van der Waals surface area contributed by atoms with Crippen molar-refractivity contribution in [2.75, 3.05) is 16.8 Å². The number of rotatable bonds is 5. The summed E-state index contributed by atoms with van der Waals surface area (Å²) in [7, 11) is 0. The quantitative estimate of drug-likeness (QED) is 0.877. The van der Waals surface area contributed by atoms with Gasteiger partial charge in [-0.2, -0.15) is 0 Å². The maximum Gasteiger partial charge on any atom is 0.226 e.